The van der Waals surface area contributed by atoms with Crippen LogP contribution >= 0.6 is 22.7 Å². The number of amides is 3. The number of fused-ring (bicyclic) bond motifs is 2. The molecule has 4 aromatic heterocycles. The summed E-state index contributed by atoms with van der Waals surface area (Å²) < 4.78 is 0. The van der Waals surface area contributed by atoms with Crippen LogP contribution < -0.4 is 21.7 Å². The number of nitrogens with one attached hydrogen (secondary N) is 5. The second-order valence-corrected chi connectivity index (χ2v) is 20.0. The minimum absolute atomic E-state index is 0.0904. The second-order valence-electron chi connectivity index (χ2n) is 18.3. The van der Waals surface area contributed by atoms with E-state index in [1.54, 1.807) is 41.7 Å². The monoisotopic (exact) mass is 1070 g/mol. The van der Waals surface area contributed by atoms with Crippen molar-refractivity contribution in [2.45, 2.75) is 41.5 Å². The smallest absolute Gasteiger partial charge is 0.352 e. The molecule has 3 amide bonds. The van der Waals surface area contributed by atoms with Gasteiger partial charge in [0, 0.05) is 93.1 Å². The number of nitrogens with two attached hydrogens (primary N) is 1. The minimum atomic E-state index is -1.04. The van der Waals surface area contributed by atoms with Crippen LogP contribution in [0, 0.1) is 13.8 Å². The van der Waals surface area contributed by atoms with Gasteiger partial charge in [-0.05, 0) is 99.7 Å². The fourth-order valence-electron chi connectivity index (χ4n) is 8.88. The van der Waals surface area contributed by atoms with Crippen molar-refractivity contribution >= 4 is 81.0 Å². The van der Waals surface area contributed by atoms with Crippen molar-refractivity contribution < 1.29 is 24.3 Å². The largest absolute Gasteiger partial charge is 0.477 e. The third-order valence-electron chi connectivity index (χ3n) is 13.4. The van der Waals surface area contributed by atoms with E-state index in [4.69, 9.17) is 15.7 Å². The lowest BCUT2D eigenvalue weighted by atomic mass is 10.0. The topological polar surface area (TPSA) is 214 Å². The third-order valence-corrected chi connectivity index (χ3v) is 15.1. The second kappa shape index (κ2) is 25.7. The van der Waals surface area contributed by atoms with Gasteiger partial charge in [0.1, 0.15) is 21.4 Å². The molecule has 2 aliphatic heterocycles. The van der Waals surface area contributed by atoms with E-state index in [2.05, 4.69) is 63.4 Å². The van der Waals surface area contributed by atoms with Gasteiger partial charge in [-0.2, -0.15) is 0 Å². The zero-order valence-electron chi connectivity index (χ0n) is 44.1. The maximum atomic E-state index is 12.9. The Morgan fingerprint density at radius 1 is 0.610 bits per heavy atom. The number of hydrogen-bond donors (Lipinski definition) is 7. The molecule has 6 heterocycles. The van der Waals surface area contributed by atoms with Crippen LogP contribution in [0.5, 0.6) is 0 Å². The van der Waals surface area contributed by atoms with Gasteiger partial charge in [0.15, 0.2) is 0 Å². The number of aromatic amines is 2. The Balaban J connectivity index is 0.000000181. The number of nitrogens with zero attached hydrogens (tertiary/aromatic N) is 4. The Morgan fingerprint density at radius 2 is 1.05 bits per heavy atom. The van der Waals surface area contributed by atoms with Crippen molar-refractivity contribution in [1.82, 2.24) is 35.1 Å². The number of aromatic nitrogens is 4. The molecule has 10 rings (SSSR count). The number of thiazole rings is 2. The predicted molar refractivity (Wildman–Crippen MR) is 314 cm³/mol. The average molecular weight is 1070 g/mol. The van der Waals surface area contributed by atoms with Gasteiger partial charge in [0.25, 0.3) is 17.7 Å². The lowest BCUT2D eigenvalue weighted by molar-refractivity contribution is -0.111. The van der Waals surface area contributed by atoms with Crippen LogP contribution in [0.15, 0.2) is 120 Å². The van der Waals surface area contributed by atoms with E-state index in [0.717, 1.165) is 129 Å². The summed E-state index contributed by atoms with van der Waals surface area (Å²) in [5.41, 5.74) is 18.7. The first-order chi connectivity index (χ1) is 37.3. The summed E-state index contributed by atoms with van der Waals surface area (Å²) in [6, 6.07) is 35.1. The third kappa shape index (κ3) is 13.3. The van der Waals surface area contributed by atoms with Crippen LogP contribution in [0.2, 0.25) is 0 Å². The molecular weight excluding hydrogens is 1000 g/mol. The first kappa shape index (κ1) is 55.2. The van der Waals surface area contributed by atoms with Crippen molar-refractivity contribution in [1.29, 1.82) is 0 Å². The number of H-pyrrole nitrogens is 2. The van der Waals surface area contributed by atoms with E-state index in [1.165, 1.54) is 0 Å². The number of aryl methyl sites for hydroxylation is 2. The highest BCUT2D eigenvalue weighted by Gasteiger charge is 2.27. The molecule has 0 aliphatic carbocycles. The zero-order valence-corrected chi connectivity index (χ0v) is 45.8. The number of benzene rings is 4. The summed E-state index contributed by atoms with van der Waals surface area (Å²) in [5, 5.41) is 23.9. The van der Waals surface area contributed by atoms with Gasteiger partial charge in [0.2, 0.25) is 0 Å². The fourth-order valence-corrected chi connectivity index (χ4v) is 10.6. The van der Waals surface area contributed by atoms with Crippen molar-refractivity contribution in [3.05, 3.63) is 165 Å². The van der Waals surface area contributed by atoms with Gasteiger partial charge < -0.3 is 46.6 Å². The molecule has 17 heteroatoms. The Labute approximate surface area is 457 Å². The summed E-state index contributed by atoms with van der Waals surface area (Å²) >= 11 is 3.17. The maximum absolute atomic E-state index is 12.9. The highest BCUT2D eigenvalue weighted by atomic mass is 32.1. The molecule has 0 saturated heterocycles. The van der Waals surface area contributed by atoms with Gasteiger partial charge in [-0.15, -0.1) is 22.7 Å². The normalized spacial score (nSPS) is 13.5. The molecule has 4 aromatic carbocycles. The molecule has 0 radical (unpaired) electrons. The van der Waals surface area contributed by atoms with Crippen molar-refractivity contribution in [3.8, 4) is 43.7 Å². The Bertz CT molecular complexity index is 3440. The number of likely N-dealkylation sites (N-methyl/N-ethyl adjacent to an activating group) is 2. The van der Waals surface area contributed by atoms with E-state index >= 15 is 0 Å². The van der Waals surface area contributed by atoms with Crippen molar-refractivity contribution in [3.63, 3.8) is 0 Å². The molecule has 396 valence electrons. The summed E-state index contributed by atoms with van der Waals surface area (Å²) in [5.74, 6) is -1.58. The van der Waals surface area contributed by atoms with Gasteiger partial charge in [-0.25, -0.2) is 14.8 Å². The first-order valence-electron chi connectivity index (χ1n) is 25.7. The van der Waals surface area contributed by atoms with Crippen LogP contribution in [-0.4, -0.2) is 111 Å². The fraction of sp³-hybridized carbons (Fsp3) is 0.233. The number of carbonyl (C=O) groups is 4. The highest BCUT2D eigenvalue weighted by molar-refractivity contribution is 7.13. The Kier molecular flexibility index (Phi) is 18.4. The summed E-state index contributed by atoms with van der Waals surface area (Å²) in [7, 11) is 0. The van der Waals surface area contributed by atoms with Crippen LogP contribution in [0.4, 0.5) is 11.4 Å². The van der Waals surface area contributed by atoms with Crippen molar-refractivity contribution in [2.24, 2.45) is 5.73 Å². The molecule has 0 atom stereocenters. The predicted octanol–water partition coefficient (Wildman–Crippen LogP) is 11.3. The lowest BCUT2D eigenvalue weighted by Crippen LogP contribution is -2.34. The quantitative estimate of drug-likeness (QED) is 0.0428. The van der Waals surface area contributed by atoms with E-state index in [1.807, 2.05) is 127 Å². The molecule has 8 aromatic rings. The maximum Gasteiger partial charge on any atom is 0.352 e. The van der Waals surface area contributed by atoms with Gasteiger partial charge >= 0.3 is 5.97 Å². The van der Waals surface area contributed by atoms with Gasteiger partial charge in [-0.1, -0.05) is 100 Å². The number of carboxylic acids is 1. The molecule has 0 saturated carbocycles. The average Bonchev–Trinajstić information content (AvgIpc) is 4.34. The zero-order chi connectivity index (χ0) is 54.6. The van der Waals surface area contributed by atoms with E-state index in [-0.39, 0.29) is 23.4 Å². The Morgan fingerprint density at radius 3 is 1.47 bits per heavy atom. The number of aromatic carboxylic acids is 1. The molecule has 0 fully saturated rings. The standard InChI is InChI=1S/C30H31N5O2S.C24H17N3O3S.C6H16N2/c1-4-35(5-2)14-13-31-29(37)26-15-19(3)25(32-26)17-23-22-16-21(11-12-24(22)33-28(23)36)27-18-38-30(34-27)20-9-7-6-8-10-20;1-13-9-20(24(29)30)25-19(13)11-17-16-10-15(7-8-18(16)26-22(17)28)21-12-31-23(27-21)14-5-3-2-4-6-14;1-3-8(4-2)6-5-7/h6-12,15-18,32H,4-5,13-14H2,1-3H3,(H,31,37)(H,33,36);2-12,25H,1H3,(H,26,28)(H,29,30);3-7H2,1-2H3/b23-17-;17-11-;. The molecule has 0 bridgehead atoms. The lowest BCUT2D eigenvalue weighted by Gasteiger charge is -2.17. The van der Waals surface area contributed by atoms with E-state index in [9.17, 15) is 24.3 Å². The Hall–Kier alpha value is -8.06. The van der Waals surface area contributed by atoms with Crippen LogP contribution in [0.25, 0.3) is 67.0 Å². The number of carboxylic acid groups (broad SMARTS) is 1. The van der Waals surface area contributed by atoms with E-state index < -0.39 is 5.97 Å². The van der Waals surface area contributed by atoms with Crippen LogP contribution in [0.3, 0.4) is 0 Å². The summed E-state index contributed by atoms with van der Waals surface area (Å²) in [4.78, 5) is 69.7. The SMILES string of the molecule is CCN(CC)CCN.CCN(CC)CCNC(=O)c1cc(C)c(/C=C2\C(=O)Nc3ccc(-c4csc(-c5ccccc5)n4)cc32)[nH]1.Cc1cc(C(=O)O)[nH]c1/C=C1\C(=O)Nc2ccc(-c3csc(-c4ccccc4)n3)cc21. The molecule has 2 aliphatic rings. The number of anilines is 2. The van der Waals surface area contributed by atoms with Gasteiger partial charge in [-0.3, -0.25) is 14.4 Å². The van der Waals surface area contributed by atoms with Crippen LogP contribution in [-0.2, 0) is 9.59 Å². The number of rotatable bonds is 17. The first-order valence-corrected chi connectivity index (χ1v) is 27.5. The molecule has 15 nitrogen and oxygen atoms in total. The van der Waals surface area contributed by atoms with Crippen LogP contribution in [0.1, 0.15) is 82.3 Å². The van der Waals surface area contributed by atoms with Crippen molar-refractivity contribution in [2.75, 3.05) is 63.0 Å². The molecule has 0 unspecified atom stereocenters. The van der Waals surface area contributed by atoms with E-state index in [0.29, 0.717) is 29.1 Å². The molecule has 8 N–H and O–H groups in total. The summed E-state index contributed by atoms with van der Waals surface area (Å²) in [6.07, 6.45) is 3.52. The number of carbonyl (C=O) groups excluding carboxylic acids is 3. The molecule has 77 heavy (non-hydrogen) atoms. The minimum Gasteiger partial charge on any atom is -0.477 e. The highest BCUT2D eigenvalue weighted by Crippen LogP contribution is 2.39. The number of hydrogen-bond acceptors (Lipinski definition) is 11. The summed E-state index contributed by atoms with van der Waals surface area (Å²) in [6.45, 7) is 19.6. The molecule has 0 spiro atoms. The molecular formula is C60H64N10O5S2. The van der Waals surface area contributed by atoms with Gasteiger partial charge in [0.05, 0.1) is 22.5 Å².